The Morgan fingerprint density at radius 3 is 2.16 bits per heavy atom. The third kappa shape index (κ3) is 5.42. The van der Waals surface area contributed by atoms with Crippen LogP contribution in [0.15, 0.2) is 18.2 Å². The molecule has 0 amide bonds. The van der Waals surface area contributed by atoms with E-state index in [-0.39, 0.29) is 5.56 Å². The molecule has 19 heavy (non-hydrogen) atoms. The van der Waals surface area contributed by atoms with Crippen LogP contribution in [0.25, 0.3) is 0 Å². The molecule has 0 atom stereocenters. The molecular weight excluding hydrogens is 278 g/mol. The maximum Gasteiger partial charge on any atom is 0.573 e. The summed E-state index contributed by atoms with van der Waals surface area (Å²) in [6, 6.07) is 2.72. The van der Waals surface area contributed by atoms with Gasteiger partial charge in [-0.2, -0.15) is 13.2 Å². The number of benzene rings is 1. The fourth-order valence-corrected chi connectivity index (χ4v) is 1.08. The highest BCUT2D eigenvalue weighted by Gasteiger charge is 2.34. The van der Waals surface area contributed by atoms with E-state index < -0.39 is 30.6 Å². The van der Waals surface area contributed by atoms with Crippen LogP contribution >= 0.6 is 0 Å². The van der Waals surface area contributed by atoms with E-state index in [4.69, 9.17) is 6.42 Å². The summed E-state index contributed by atoms with van der Waals surface area (Å²) in [5.74, 6) is 0.432. The van der Waals surface area contributed by atoms with Gasteiger partial charge in [0.1, 0.15) is 0 Å². The van der Waals surface area contributed by atoms with E-state index in [1.54, 1.807) is 0 Å². The van der Waals surface area contributed by atoms with E-state index in [2.05, 4.69) is 15.4 Å². The molecule has 0 saturated carbocycles. The fraction of sp³-hybridized carbons (Fsp3) is 0.273. The lowest BCUT2D eigenvalue weighted by atomic mass is 10.2. The number of hydrogen-bond acceptors (Lipinski definition) is 2. The van der Waals surface area contributed by atoms with Crippen molar-refractivity contribution in [3.8, 4) is 23.8 Å². The molecule has 0 fully saturated rings. The second kappa shape index (κ2) is 5.30. The number of terminal acetylenes is 1. The SMILES string of the molecule is C#Cc1ccc(OC(F)(F)F)c(OCC(F)(F)F)c1. The van der Waals surface area contributed by atoms with Crippen molar-refractivity contribution < 1.29 is 35.8 Å². The molecule has 1 aromatic rings. The van der Waals surface area contributed by atoms with Crippen LogP contribution in [0.2, 0.25) is 0 Å². The van der Waals surface area contributed by atoms with Crippen molar-refractivity contribution in [1.82, 2.24) is 0 Å². The summed E-state index contributed by atoms with van der Waals surface area (Å²) in [5.41, 5.74) is 0.0618. The van der Waals surface area contributed by atoms with Crippen molar-refractivity contribution in [3.63, 3.8) is 0 Å². The van der Waals surface area contributed by atoms with Gasteiger partial charge in [-0.3, -0.25) is 0 Å². The van der Waals surface area contributed by atoms with Gasteiger partial charge in [-0.05, 0) is 18.2 Å². The second-order valence-corrected chi connectivity index (χ2v) is 3.26. The number of rotatable bonds is 3. The Morgan fingerprint density at radius 2 is 1.68 bits per heavy atom. The average molecular weight is 284 g/mol. The molecule has 104 valence electrons. The second-order valence-electron chi connectivity index (χ2n) is 3.26. The minimum Gasteiger partial charge on any atom is -0.480 e. The maximum atomic E-state index is 12.0. The van der Waals surface area contributed by atoms with E-state index in [9.17, 15) is 26.3 Å². The van der Waals surface area contributed by atoms with Crippen molar-refractivity contribution in [3.05, 3.63) is 23.8 Å². The van der Waals surface area contributed by atoms with Crippen LogP contribution in [-0.2, 0) is 0 Å². The molecule has 0 N–H and O–H groups in total. The van der Waals surface area contributed by atoms with Crippen molar-refractivity contribution in [2.24, 2.45) is 0 Å². The van der Waals surface area contributed by atoms with Crippen LogP contribution < -0.4 is 9.47 Å². The minimum atomic E-state index is -5.05. The summed E-state index contributed by atoms with van der Waals surface area (Å²) in [7, 11) is 0. The van der Waals surface area contributed by atoms with Crippen LogP contribution in [0.1, 0.15) is 5.56 Å². The summed E-state index contributed by atoms with van der Waals surface area (Å²) in [6.07, 6.45) is -4.75. The number of hydrogen-bond donors (Lipinski definition) is 0. The van der Waals surface area contributed by atoms with Gasteiger partial charge in [-0.25, -0.2) is 0 Å². The molecule has 0 saturated heterocycles. The summed E-state index contributed by atoms with van der Waals surface area (Å²) in [5, 5.41) is 0. The smallest absolute Gasteiger partial charge is 0.480 e. The number of halogens is 6. The average Bonchev–Trinajstić information content (AvgIpc) is 2.24. The third-order valence-corrected chi connectivity index (χ3v) is 1.73. The van der Waals surface area contributed by atoms with Gasteiger partial charge in [0.15, 0.2) is 18.1 Å². The van der Waals surface area contributed by atoms with Gasteiger partial charge in [-0.1, -0.05) is 5.92 Å². The normalized spacial score (nSPS) is 11.8. The molecule has 0 aliphatic rings. The largest absolute Gasteiger partial charge is 0.573 e. The first-order chi connectivity index (χ1) is 8.61. The van der Waals surface area contributed by atoms with Crippen molar-refractivity contribution in [2.45, 2.75) is 12.5 Å². The van der Waals surface area contributed by atoms with Gasteiger partial charge < -0.3 is 9.47 Å². The van der Waals surface area contributed by atoms with Crippen LogP contribution in [0, 0.1) is 12.3 Å². The van der Waals surface area contributed by atoms with Gasteiger partial charge in [0.25, 0.3) is 0 Å². The van der Waals surface area contributed by atoms with Gasteiger partial charge in [0.05, 0.1) is 0 Å². The lowest BCUT2D eigenvalue weighted by Gasteiger charge is -2.15. The summed E-state index contributed by atoms with van der Waals surface area (Å²) in [6.45, 7) is -1.75. The van der Waals surface area contributed by atoms with Gasteiger partial charge in [-0.15, -0.1) is 19.6 Å². The summed E-state index contributed by atoms with van der Waals surface area (Å²) in [4.78, 5) is 0. The summed E-state index contributed by atoms with van der Waals surface area (Å²) >= 11 is 0. The highest BCUT2D eigenvalue weighted by Crippen LogP contribution is 2.33. The Bertz CT molecular complexity index is 483. The Labute approximate surface area is 103 Å². The van der Waals surface area contributed by atoms with Gasteiger partial charge in [0, 0.05) is 5.56 Å². The molecule has 0 radical (unpaired) electrons. The van der Waals surface area contributed by atoms with E-state index in [1.165, 1.54) is 0 Å². The number of alkyl halides is 6. The molecule has 0 aliphatic carbocycles. The Hall–Kier alpha value is -2.04. The molecule has 0 heterocycles. The molecule has 0 spiro atoms. The van der Waals surface area contributed by atoms with Crippen LogP contribution in [-0.4, -0.2) is 19.1 Å². The highest BCUT2D eigenvalue weighted by atomic mass is 19.4. The zero-order valence-electron chi connectivity index (χ0n) is 9.10. The quantitative estimate of drug-likeness (QED) is 0.624. The van der Waals surface area contributed by atoms with E-state index in [1.807, 2.05) is 0 Å². The minimum absolute atomic E-state index is 0.0618. The first-order valence-electron chi connectivity index (χ1n) is 4.67. The third-order valence-electron chi connectivity index (χ3n) is 1.73. The predicted octanol–water partition coefficient (Wildman–Crippen LogP) is 3.51. The van der Waals surface area contributed by atoms with Crippen molar-refractivity contribution in [1.29, 1.82) is 0 Å². The molecule has 0 aromatic heterocycles. The van der Waals surface area contributed by atoms with E-state index in [0.29, 0.717) is 0 Å². The summed E-state index contributed by atoms with van der Waals surface area (Å²) < 4.78 is 79.8. The van der Waals surface area contributed by atoms with E-state index >= 15 is 0 Å². The predicted molar refractivity (Wildman–Crippen MR) is 52.6 cm³/mol. The Morgan fingerprint density at radius 1 is 1.05 bits per heavy atom. The standard InChI is InChI=1S/C11H6F6O2/c1-2-7-3-4-8(19-11(15,16)17)9(5-7)18-6-10(12,13)14/h1,3-5H,6H2. The van der Waals surface area contributed by atoms with Crippen LogP contribution in [0.3, 0.4) is 0 Å². The maximum absolute atomic E-state index is 12.0. The molecule has 1 rings (SSSR count). The lowest BCUT2D eigenvalue weighted by Crippen LogP contribution is -2.21. The zero-order valence-corrected chi connectivity index (χ0v) is 9.10. The Kier molecular flexibility index (Phi) is 4.19. The first kappa shape index (κ1) is 15.0. The molecule has 0 bridgehead atoms. The molecule has 0 unspecified atom stereocenters. The Balaban J connectivity index is 3.00. The molecule has 1 aromatic carbocycles. The first-order valence-corrected chi connectivity index (χ1v) is 4.67. The van der Waals surface area contributed by atoms with Crippen molar-refractivity contribution >= 4 is 0 Å². The van der Waals surface area contributed by atoms with Crippen LogP contribution in [0.4, 0.5) is 26.3 Å². The van der Waals surface area contributed by atoms with Crippen molar-refractivity contribution in [2.75, 3.05) is 6.61 Å². The molecule has 8 heteroatoms. The van der Waals surface area contributed by atoms with Gasteiger partial charge >= 0.3 is 12.5 Å². The van der Waals surface area contributed by atoms with Crippen LogP contribution in [0.5, 0.6) is 11.5 Å². The van der Waals surface area contributed by atoms with Gasteiger partial charge in [0.2, 0.25) is 0 Å². The molecular formula is C11H6F6O2. The van der Waals surface area contributed by atoms with E-state index in [0.717, 1.165) is 18.2 Å². The zero-order chi connectivity index (χ0) is 14.7. The highest BCUT2D eigenvalue weighted by molar-refractivity contribution is 5.47. The molecule has 2 nitrogen and oxygen atoms in total. The fourth-order valence-electron chi connectivity index (χ4n) is 1.08. The monoisotopic (exact) mass is 284 g/mol. The number of ether oxygens (including phenoxy) is 2. The lowest BCUT2D eigenvalue weighted by molar-refractivity contribution is -0.275. The molecule has 0 aliphatic heterocycles. The topological polar surface area (TPSA) is 18.5 Å².